The van der Waals surface area contributed by atoms with Gasteiger partial charge in [0.15, 0.2) is 0 Å². The van der Waals surface area contributed by atoms with Crippen LogP contribution in [0.15, 0.2) is 29.4 Å². The zero-order valence-corrected chi connectivity index (χ0v) is 15.3. The summed E-state index contributed by atoms with van der Waals surface area (Å²) in [5, 5.41) is 15.9. The summed E-state index contributed by atoms with van der Waals surface area (Å²) in [6.07, 6.45) is 5.91. The summed E-state index contributed by atoms with van der Waals surface area (Å²) in [5.41, 5.74) is -0.339. The smallest absolute Gasteiger partial charge is 0.313 e. The minimum atomic E-state index is -0.755. The molecule has 1 aromatic carbocycles. The van der Waals surface area contributed by atoms with E-state index < -0.39 is 16.6 Å². The minimum absolute atomic E-state index is 0.0604. The SMILES string of the molecule is CC(=O)Oc1c(Cl)cc(C=NN2C(=O)[C@@H]3[C@H](C2=O)[C@H]2C=C[C@H]3C2)cc1[N+](=O)[O-]. The molecule has 1 aliphatic heterocycles. The van der Waals surface area contributed by atoms with Crippen molar-refractivity contribution in [1.82, 2.24) is 5.01 Å². The van der Waals surface area contributed by atoms with Gasteiger partial charge in [0.25, 0.3) is 11.8 Å². The monoisotopic (exact) mass is 403 g/mol. The fraction of sp³-hybridized carbons (Fsp3) is 0.333. The van der Waals surface area contributed by atoms with E-state index in [0.717, 1.165) is 30.6 Å². The quantitative estimate of drug-likeness (QED) is 0.145. The number of hydrazone groups is 1. The van der Waals surface area contributed by atoms with Crippen LogP contribution < -0.4 is 4.74 Å². The second kappa shape index (κ2) is 6.52. The van der Waals surface area contributed by atoms with E-state index in [4.69, 9.17) is 16.3 Å². The molecule has 10 heteroatoms. The molecule has 4 atom stereocenters. The first-order valence-electron chi connectivity index (χ1n) is 8.54. The molecule has 2 fully saturated rings. The lowest BCUT2D eigenvalue weighted by molar-refractivity contribution is -0.385. The summed E-state index contributed by atoms with van der Waals surface area (Å²) in [6.45, 7) is 1.10. The number of imide groups is 1. The lowest BCUT2D eigenvalue weighted by Gasteiger charge is -2.13. The highest BCUT2D eigenvalue weighted by Crippen LogP contribution is 2.52. The molecule has 0 unspecified atom stereocenters. The van der Waals surface area contributed by atoms with E-state index in [9.17, 15) is 24.5 Å². The average molecular weight is 404 g/mol. The Bertz CT molecular complexity index is 958. The molecule has 0 spiro atoms. The number of rotatable bonds is 4. The molecule has 2 amide bonds. The fourth-order valence-electron chi connectivity index (χ4n) is 4.18. The van der Waals surface area contributed by atoms with Gasteiger partial charge < -0.3 is 4.74 Å². The van der Waals surface area contributed by atoms with Crippen LogP contribution in [-0.4, -0.2) is 33.9 Å². The van der Waals surface area contributed by atoms with E-state index in [-0.39, 0.29) is 51.8 Å². The summed E-state index contributed by atoms with van der Waals surface area (Å²) >= 11 is 6.00. The predicted molar refractivity (Wildman–Crippen MR) is 96.6 cm³/mol. The highest BCUT2D eigenvalue weighted by molar-refractivity contribution is 6.33. The van der Waals surface area contributed by atoms with Crippen molar-refractivity contribution in [1.29, 1.82) is 0 Å². The summed E-state index contributed by atoms with van der Waals surface area (Å²) in [7, 11) is 0. The number of carbonyl (C=O) groups is 3. The number of halogens is 1. The van der Waals surface area contributed by atoms with Crippen LogP contribution in [0.2, 0.25) is 5.02 Å². The Kier molecular flexibility index (Phi) is 4.26. The van der Waals surface area contributed by atoms with Crippen LogP contribution in [0, 0.1) is 33.8 Å². The zero-order chi connectivity index (χ0) is 20.2. The molecule has 1 aromatic rings. The number of carbonyl (C=O) groups excluding carboxylic acids is 3. The number of nitro benzene ring substituents is 1. The second-order valence-corrected chi connectivity index (χ2v) is 7.34. The molecule has 9 nitrogen and oxygen atoms in total. The number of fused-ring (bicyclic) bond motifs is 5. The van der Waals surface area contributed by atoms with Crippen LogP contribution in [0.1, 0.15) is 18.9 Å². The molecular formula is C18H14ClN3O6. The van der Waals surface area contributed by atoms with E-state index in [0.29, 0.717) is 0 Å². The number of ether oxygens (including phenoxy) is 1. The number of nitrogens with zero attached hydrogens (tertiary/aromatic N) is 3. The number of amides is 2. The van der Waals surface area contributed by atoms with Crippen LogP contribution in [0.4, 0.5) is 5.69 Å². The molecule has 2 aliphatic carbocycles. The van der Waals surface area contributed by atoms with Crippen molar-refractivity contribution < 1.29 is 24.0 Å². The number of allylic oxidation sites excluding steroid dienone is 2. The largest absolute Gasteiger partial charge is 0.418 e. The maximum atomic E-state index is 12.6. The van der Waals surface area contributed by atoms with Crippen molar-refractivity contribution in [2.24, 2.45) is 28.8 Å². The molecule has 1 saturated carbocycles. The Hall–Kier alpha value is -3.07. The summed E-state index contributed by atoms with van der Waals surface area (Å²) < 4.78 is 4.80. The lowest BCUT2D eigenvalue weighted by atomic mass is 9.85. The molecule has 0 aromatic heterocycles. The number of nitro groups is 1. The predicted octanol–water partition coefficient (Wildman–Crippen LogP) is 2.31. The molecule has 2 bridgehead atoms. The third kappa shape index (κ3) is 2.78. The Morgan fingerprint density at radius 1 is 1.29 bits per heavy atom. The first-order chi connectivity index (χ1) is 13.3. The lowest BCUT2D eigenvalue weighted by Crippen LogP contribution is -2.28. The maximum absolute atomic E-state index is 12.6. The van der Waals surface area contributed by atoms with Crippen molar-refractivity contribution in [3.8, 4) is 5.75 Å². The normalized spacial score (nSPS) is 27.7. The number of benzene rings is 1. The van der Waals surface area contributed by atoms with Gasteiger partial charge in [0.2, 0.25) is 5.75 Å². The van der Waals surface area contributed by atoms with E-state index in [1.54, 1.807) is 0 Å². The van der Waals surface area contributed by atoms with Gasteiger partial charge in [-0.2, -0.15) is 10.1 Å². The van der Waals surface area contributed by atoms with Gasteiger partial charge in [-0.15, -0.1) is 0 Å². The number of esters is 1. The standard InChI is InChI=1S/C18H14ClN3O6/c1-8(23)28-16-12(19)4-9(5-13(16)22(26)27)7-20-21-17(24)14-10-2-3-11(6-10)15(14)18(21)25/h2-5,7,10-11,14-15H,6H2,1H3/t10-,11-,14-,15+/m0/s1. The van der Waals surface area contributed by atoms with Crippen molar-refractivity contribution in [2.45, 2.75) is 13.3 Å². The van der Waals surface area contributed by atoms with Crippen LogP contribution in [0.25, 0.3) is 0 Å². The minimum Gasteiger partial charge on any atom is -0.418 e. The van der Waals surface area contributed by atoms with Crippen LogP contribution in [0.5, 0.6) is 5.75 Å². The highest BCUT2D eigenvalue weighted by atomic mass is 35.5. The molecule has 1 saturated heterocycles. The third-order valence-corrected chi connectivity index (χ3v) is 5.54. The molecule has 0 radical (unpaired) electrons. The topological polar surface area (TPSA) is 119 Å². The molecule has 3 aliphatic rings. The van der Waals surface area contributed by atoms with Gasteiger partial charge in [0.05, 0.1) is 28.0 Å². The Labute approximate surface area is 163 Å². The van der Waals surface area contributed by atoms with E-state index >= 15 is 0 Å². The van der Waals surface area contributed by atoms with Gasteiger partial charge in [-0.25, -0.2) is 0 Å². The summed E-state index contributed by atoms with van der Waals surface area (Å²) in [5.74, 6) is -2.50. The van der Waals surface area contributed by atoms with Gasteiger partial charge in [-0.3, -0.25) is 24.5 Å². The average Bonchev–Trinajstić information content (AvgIpc) is 3.29. The Morgan fingerprint density at radius 3 is 2.43 bits per heavy atom. The summed E-state index contributed by atoms with van der Waals surface area (Å²) in [6, 6.07) is 2.40. The maximum Gasteiger partial charge on any atom is 0.313 e. The van der Waals surface area contributed by atoms with E-state index in [1.807, 2.05) is 12.2 Å². The Morgan fingerprint density at radius 2 is 1.89 bits per heavy atom. The fourth-order valence-corrected chi connectivity index (χ4v) is 4.44. The van der Waals surface area contributed by atoms with Crippen LogP contribution >= 0.6 is 11.6 Å². The zero-order valence-electron chi connectivity index (χ0n) is 14.6. The van der Waals surface area contributed by atoms with E-state index in [2.05, 4.69) is 5.10 Å². The molecular weight excluding hydrogens is 390 g/mol. The second-order valence-electron chi connectivity index (χ2n) is 6.93. The van der Waals surface area contributed by atoms with Gasteiger partial charge in [-0.1, -0.05) is 23.8 Å². The number of hydrogen-bond acceptors (Lipinski definition) is 7. The molecule has 4 rings (SSSR count). The third-order valence-electron chi connectivity index (χ3n) is 5.26. The molecule has 1 heterocycles. The Balaban J connectivity index is 1.62. The van der Waals surface area contributed by atoms with Crippen molar-refractivity contribution in [3.63, 3.8) is 0 Å². The van der Waals surface area contributed by atoms with Crippen LogP contribution in [-0.2, 0) is 14.4 Å². The molecule has 0 N–H and O–H groups in total. The van der Waals surface area contributed by atoms with E-state index in [1.165, 1.54) is 6.07 Å². The van der Waals surface area contributed by atoms with Crippen LogP contribution in [0.3, 0.4) is 0 Å². The first-order valence-corrected chi connectivity index (χ1v) is 8.92. The van der Waals surface area contributed by atoms with Crippen molar-refractivity contribution in [2.75, 3.05) is 0 Å². The van der Waals surface area contributed by atoms with Gasteiger partial charge in [-0.05, 0) is 24.3 Å². The van der Waals surface area contributed by atoms with Gasteiger partial charge in [0, 0.05) is 18.6 Å². The molecule has 144 valence electrons. The van der Waals surface area contributed by atoms with Crippen molar-refractivity contribution in [3.05, 3.63) is 45.0 Å². The van der Waals surface area contributed by atoms with Gasteiger partial charge >= 0.3 is 11.7 Å². The van der Waals surface area contributed by atoms with Gasteiger partial charge in [0.1, 0.15) is 0 Å². The summed E-state index contributed by atoms with van der Waals surface area (Å²) in [4.78, 5) is 46.8. The first kappa shape index (κ1) is 18.3. The van der Waals surface area contributed by atoms with Crippen molar-refractivity contribution >= 4 is 41.3 Å². The highest BCUT2D eigenvalue weighted by Gasteiger charge is 2.59. The number of hydrogen-bond donors (Lipinski definition) is 0. The molecule has 28 heavy (non-hydrogen) atoms.